The van der Waals surface area contributed by atoms with Crippen LogP contribution in [0.3, 0.4) is 0 Å². The van der Waals surface area contributed by atoms with Crippen LogP contribution in [0.4, 0.5) is 4.39 Å². The third-order valence-corrected chi connectivity index (χ3v) is 6.38. The van der Waals surface area contributed by atoms with E-state index in [4.69, 9.17) is 0 Å². The van der Waals surface area contributed by atoms with Gasteiger partial charge in [-0.05, 0) is 42.7 Å². The van der Waals surface area contributed by atoms with Crippen molar-refractivity contribution in [3.8, 4) is 0 Å². The van der Waals surface area contributed by atoms with Crippen molar-refractivity contribution in [1.82, 2.24) is 14.8 Å². The predicted octanol–water partition coefficient (Wildman–Crippen LogP) is 3.49. The minimum Gasteiger partial charge on any atom is -0.351 e. The van der Waals surface area contributed by atoms with E-state index in [1.54, 1.807) is 30.1 Å². The molecule has 1 aliphatic carbocycles. The summed E-state index contributed by atoms with van der Waals surface area (Å²) in [6.45, 7) is 3.92. The number of rotatable bonds is 7. The second-order valence-electron chi connectivity index (χ2n) is 9.23. The molecule has 7 heteroatoms. The van der Waals surface area contributed by atoms with Gasteiger partial charge in [-0.15, -0.1) is 0 Å². The molecular weight excluding hydrogens is 409 g/mol. The first-order valence-electron chi connectivity index (χ1n) is 11.2. The van der Waals surface area contributed by atoms with Gasteiger partial charge in [-0.1, -0.05) is 45.2 Å². The van der Waals surface area contributed by atoms with E-state index in [0.29, 0.717) is 0 Å². The summed E-state index contributed by atoms with van der Waals surface area (Å²) in [6.07, 6.45) is 6.93. The smallest absolute Gasteiger partial charge is 0.263 e. The summed E-state index contributed by atoms with van der Waals surface area (Å²) in [5, 5.41) is 2.78. The SMILES string of the molecule is CN(C(=O)Cn1cccc(C(=O)NCC(C)(C)c2cccc(F)c2)c1=O)C1CCCCC1. The molecule has 3 rings (SSSR count). The van der Waals surface area contributed by atoms with Crippen LogP contribution in [0.25, 0.3) is 0 Å². The van der Waals surface area contributed by atoms with Crippen LogP contribution in [0.2, 0.25) is 0 Å². The van der Waals surface area contributed by atoms with Gasteiger partial charge in [0.05, 0.1) is 0 Å². The molecule has 1 aromatic heterocycles. The van der Waals surface area contributed by atoms with Crippen LogP contribution in [-0.4, -0.2) is 40.9 Å². The molecule has 6 nitrogen and oxygen atoms in total. The predicted molar refractivity (Wildman–Crippen MR) is 122 cm³/mol. The molecule has 0 aliphatic heterocycles. The molecule has 32 heavy (non-hydrogen) atoms. The molecule has 1 aromatic carbocycles. The molecule has 1 fully saturated rings. The molecule has 2 amide bonds. The van der Waals surface area contributed by atoms with E-state index in [1.165, 1.54) is 35.4 Å². The Morgan fingerprint density at radius 3 is 2.56 bits per heavy atom. The van der Waals surface area contributed by atoms with Crippen LogP contribution in [0.1, 0.15) is 61.9 Å². The van der Waals surface area contributed by atoms with Gasteiger partial charge in [-0.25, -0.2) is 4.39 Å². The monoisotopic (exact) mass is 441 g/mol. The topological polar surface area (TPSA) is 71.4 Å². The molecule has 0 bridgehead atoms. The van der Waals surface area contributed by atoms with E-state index in [0.717, 1.165) is 31.2 Å². The van der Waals surface area contributed by atoms with Crippen molar-refractivity contribution in [2.75, 3.05) is 13.6 Å². The zero-order chi connectivity index (χ0) is 23.3. The molecule has 0 unspecified atom stereocenters. The van der Waals surface area contributed by atoms with Crippen LogP contribution in [0.5, 0.6) is 0 Å². The quantitative estimate of drug-likeness (QED) is 0.715. The zero-order valence-electron chi connectivity index (χ0n) is 19.1. The number of halogens is 1. The number of hydrogen-bond acceptors (Lipinski definition) is 3. The normalized spacial score (nSPS) is 14.8. The molecule has 1 aliphatic rings. The third-order valence-electron chi connectivity index (χ3n) is 6.38. The molecule has 1 saturated carbocycles. The molecule has 1 N–H and O–H groups in total. The average Bonchev–Trinajstić information content (AvgIpc) is 2.79. The van der Waals surface area contributed by atoms with Gasteiger partial charge in [-0.3, -0.25) is 14.4 Å². The maximum atomic E-state index is 13.6. The molecule has 1 heterocycles. The number of pyridine rings is 1. The van der Waals surface area contributed by atoms with Crippen LogP contribution in [-0.2, 0) is 16.8 Å². The van der Waals surface area contributed by atoms with Crippen molar-refractivity contribution in [2.24, 2.45) is 0 Å². The lowest BCUT2D eigenvalue weighted by molar-refractivity contribution is -0.133. The molecule has 172 valence electrons. The van der Waals surface area contributed by atoms with Crippen molar-refractivity contribution in [3.05, 3.63) is 69.9 Å². The number of hydrogen-bond donors (Lipinski definition) is 1. The highest BCUT2D eigenvalue weighted by atomic mass is 19.1. The summed E-state index contributed by atoms with van der Waals surface area (Å²) < 4.78 is 14.9. The molecule has 0 atom stereocenters. The van der Waals surface area contributed by atoms with Crippen LogP contribution in [0.15, 0.2) is 47.4 Å². The summed E-state index contributed by atoms with van der Waals surface area (Å²) >= 11 is 0. The highest BCUT2D eigenvalue weighted by Crippen LogP contribution is 2.23. The second-order valence-corrected chi connectivity index (χ2v) is 9.23. The molecule has 0 saturated heterocycles. The van der Waals surface area contributed by atoms with Gasteiger partial charge in [0.25, 0.3) is 11.5 Å². The summed E-state index contributed by atoms with van der Waals surface area (Å²) in [5.41, 5.74) is -0.293. The van der Waals surface area contributed by atoms with Crippen LogP contribution < -0.4 is 10.9 Å². The van der Waals surface area contributed by atoms with E-state index in [2.05, 4.69) is 5.32 Å². The Balaban J connectivity index is 1.67. The van der Waals surface area contributed by atoms with E-state index in [-0.39, 0.29) is 36.4 Å². The Labute approximate surface area is 188 Å². The molecular formula is C25H32FN3O3. The summed E-state index contributed by atoms with van der Waals surface area (Å²) in [4.78, 5) is 40.1. The number of nitrogens with one attached hydrogen (secondary N) is 1. The zero-order valence-corrected chi connectivity index (χ0v) is 19.1. The third kappa shape index (κ3) is 5.64. The number of carbonyl (C=O) groups excluding carboxylic acids is 2. The highest BCUT2D eigenvalue weighted by Gasteiger charge is 2.25. The van der Waals surface area contributed by atoms with Gasteiger partial charge in [0.2, 0.25) is 5.91 Å². The maximum Gasteiger partial charge on any atom is 0.263 e. The molecule has 2 aromatic rings. The van der Waals surface area contributed by atoms with Crippen molar-refractivity contribution in [2.45, 2.75) is 64.0 Å². The summed E-state index contributed by atoms with van der Waals surface area (Å²) in [7, 11) is 1.79. The van der Waals surface area contributed by atoms with E-state index in [9.17, 15) is 18.8 Å². The lowest BCUT2D eigenvalue weighted by atomic mass is 9.84. The van der Waals surface area contributed by atoms with E-state index in [1.807, 2.05) is 13.8 Å². The summed E-state index contributed by atoms with van der Waals surface area (Å²) in [5.74, 6) is -0.985. The second kappa shape index (κ2) is 10.1. The molecule has 0 radical (unpaired) electrons. The van der Waals surface area contributed by atoms with E-state index < -0.39 is 16.9 Å². The Hall–Kier alpha value is -2.96. The lowest BCUT2D eigenvalue weighted by Crippen LogP contribution is -2.43. The van der Waals surface area contributed by atoms with Crippen molar-refractivity contribution in [1.29, 1.82) is 0 Å². The van der Waals surface area contributed by atoms with Crippen molar-refractivity contribution >= 4 is 11.8 Å². The first kappa shape index (κ1) is 23.7. The van der Waals surface area contributed by atoms with Gasteiger partial charge in [-0.2, -0.15) is 0 Å². The summed E-state index contributed by atoms with van der Waals surface area (Å²) in [6, 6.07) is 9.52. The minimum absolute atomic E-state index is 0.0179. The maximum absolute atomic E-state index is 13.6. The lowest BCUT2D eigenvalue weighted by Gasteiger charge is -2.31. The first-order valence-corrected chi connectivity index (χ1v) is 11.2. The van der Waals surface area contributed by atoms with Gasteiger partial charge >= 0.3 is 0 Å². The fourth-order valence-electron chi connectivity index (χ4n) is 4.17. The van der Waals surface area contributed by atoms with E-state index >= 15 is 0 Å². The van der Waals surface area contributed by atoms with Gasteiger partial charge in [0.1, 0.15) is 17.9 Å². The molecule has 0 spiro atoms. The Morgan fingerprint density at radius 1 is 1.16 bits per heavy atom. The average molecular weight is 442 g/mol. The van der Waals surface area contributed by atoms with Crippen molar-refractivity contribution in [3.63, 3.8) is 0 Å². The Kier molecular flexibility index (Phi) is 7.48. The minimum atomic E-state index is -0.524. The Morgan fingerprint density at radius 2 is 1.88 bits per heavy atom. The number of benzene rings is 1. The first-order chi connectivity index (χ1) is 15.2. The van der Waals surface area contributed by atoms with Gasteiger partial charge < -0.3 is 14.8 Å². The number of carbonyl (C=O) groups is 2. The van der Waals surface area contributed by atoms with Gasteiger partial charge in [0, 0.05) is 31.2 Å². The Bertz CT molecular complexity index is 1030. The largest absolute Gasteiger partial charge is 0.351 e. The standard InChI is InChI=1S/C25H32FN3O3/c1-25(2,18-9-7-10-19(26)15-18)17-27-23(31)21-13-8-14-29(24(21)32)16-22(30)28(3)20-11-5-4-6-12-20/h7-10,13-15,20H,4-6,11-12,16-17H2,1-3H3,(H,27,31). The number of nitrogens with zero attached hydrogens (tertiary/aromatic N) is 2. The highest BCUT2D eigenvalue weighted by molar-refractivity contribution is 5.93. The fourth-order valence-corrected chi connectivity index (χ4v) is 4.17. The number of amides is 2. The van der Waals surface area contributed by atoms with Crippen molar-refractivity contribution < 1.29 is 14.0 Å². The van der Waals surface area contributed by atoms with Crippen LogP contribution in [0, 0.1) is 5.82 Å². The fraction of sp³-hybridized carbons (Fsp3) is 0.480. The van der Waals surface area contributed by atoms with Gasteiger partial charge in [0.15, 0.2) is 0 Å². The van der Waals surface area contributed by atoms with Crippen LogP contribution >= 0.6 is 0 Å². The number of aromatic nitrogens is 1. The number of likely N-dealkylation sites (N-methyl/N-ethyl adjacent to an activating group) is 1.